The van der Waals surface area contributed by atoms with Crippen molar-refractivity contribution in [2.75, 3.05) is 0 Å². The van der Waals surface area contributed by atoms with Gasteiger partial charge in [0.1, 0.15) is 10.9 Å². The Morgan fingerprint density at radius 3 is 2.87 bits per heavy atom. The van der Waals surface area contributed by atoms with E-state index in [1.165, 1.54) is 16.9 Å². The highest BCUT2D eigenvalue weighted by atomic mass is 35.5. The highest BCUT2D eigenvalue weighted by Gasteiger charge is 2.05. The minimum atomic E-state index is 0.476. The molecule has 0 aliphatic rings. The zero-order chi connectivity index (χ0) is 10.7. The van der Waals surface area contributed by atoms with E-state index in [4.69, 9.17) is 16.3 Å². The largest absolute Gasteiger partial charge is 0.431 e. The summed E-state index contributed by atoms with van der Waals surface area (Å²) in [7, 11) is 0. The van der Waals surface area contributed by atoms with Gasteiger partial charge in [-0.25, -0.2) is 0 Å². The van der Waals surface area contributed by atoms with Gasteiger partial charge in [-0.1, -0.05) is 48.1 Å². The lowest BCUT2D eigenvalue weighted by atomic mass is 10.1. The number of ether oxygens (including phenoxy) is 1. The molecule has 0 amide bonds. The molecule has 2 aromatic rings. The maximum absolute atomic E-state index is 5.72. The lowest BCUT2D eigenvalue weighted by molar-refractivity contribution is 0.473. The lowest BCUT2D eigenvalue weighted by Crippen LogP contribution is -1.89. The molecule has 0 saturated heterocycles. The smallest absolute Gasteiger partial charge is 0.280 e. The predicted octanol–water partition coefficient (Wildman–Crippen LogP) is 4.15. The topological polar surface area (TPSA) is 22.1 Å². The number of nitrogens with zero attached hydrogens (tertiary/aromatic N) is 1. The lowest BCUT2D eigenvalue weighted by Gasteiger charge is -2.06. The van der Waals surface area contributed by atoms with Gasteiger partial charge >= 0.3 is 0 Å². The number of hydrogen-bond acceptors (Lipinski definition) is 3. The molecule has 78 valence electrons. The maximum atomic E-state index is 5.72. The van der Waals surface area contributed by atoms with Crippen molar-refractivity contribution in [3.63, 3.8) is 0 Å². The molecule has 0 N–H and O–H groups in total. The molecule has 0 bridgehead atoms. The van der Waals surface area contributed by atoms with E-state index in [2.05, 4.69) is 11.9 Å². The highest BCUT2D eigenvalue weighted by Crippen LogP contribution is 2.29. The molecule has 1 aromatic carbocycles. The van der Waals surface area contributed by atoms with Crippen LogP contribution in [0.25, 0.3) is 0 Å². The number of aromatic nitrogens is 1. The summed E-state index contributed by atoms with van der Waals surface area (Å²) >= 11 is 7.12. The van der Waals surface area contributed by atoms with E-state index in [1.807, 2.05) is 24.3 Å². The van der Waals surface area contributed by atoms with Crippen LogP contribution in [0.1, 0.15) is 12.5 Å². The van der Waals surface area contributed by atoms with Crippen molar-refractivity contribution in [2.24, 2.45) is 0 Å². The Kier molecular flexibility index (Phi) is 3.23. The Labute approximate surface area is 97.5 Å². The van der Waals surface area contributed by atoms with Crippen LogP contribution in [-0.2, 0) is 6.42 Å². The first-order valence-electron chi connectivity index (χ1n) is 4.66. The molecule has 0 saturated carbocycles. The van der Waals surface area contributed by atoms with Gasteiger partial charge in [-0.05, 0) is 18.1 Å². The van der Waals surface area contributed by atoms with Gasteiger partial charge in [0.15, 0.2) is 0 Å². The number of hydrogen-bond donors (Lipinski definition) is 0. The average molecular weight is 240 g/mol. The number of para-hydroxylation sites is 1. The summed E-state index contributed by atoms with van der Waals surface area (Å²) in [4.78, 5) is 4.04. The molecular formula is C11H10ClNOS. The quantitative estimate of drug-likeness (QED) is 0.803. The number of benzene rings is 1. The molecule has 1 aromatic heterocycles. The van der Waals surface area contributed by atoms with Crippen molar-refractivity contribution in [3.05, 3.63) is 40.4 Å². The molecule has 0 unspecified atom stereocenters. The molecule has 2 nitrogen and oxygen atoms in total. The molecule has 1 heterocycles. The van der Waals surface area contributed by atoms with Crippen LogP contribution in [0.15, 0.2) is 29.6 Å². The van der Waals surface area contributed by atoms with Gasteiger partial charge in [0.2, 0.25) is 0 Å². The molecule has 0 atom stereocenters. The van der Waals surface area contributed by atoms with Gasteiger partial charge in [-0.2, -0.15) is 4.98 Å². The summed E-state index contributed by atoms with van der Waals surface area (Å²) in [6.07, 6.45) is 0.940. The summed E-state index contributed by atoms with van der Waals surface area (Å²) in [6, 6.07) is 7.93. The second kappa shape index (κ2) is 4.64. The summed E-state index contributed by atoms with van der Waals surface area (Å²) in [5.74, 6) is 0.853. The van der Waals surface area contributed by atoms with Crippen molar-refractivity contribution >= 4 is 22.9 Å². The zero-order valence-electron chi connectivity index (χ0n) is 8.24. The van der Waals surface area contributed by atoms with Crippen LogP contribution < -0.4 is 4.74 Å². The number of aryl methyl sites for hydroxylation is 1. The first kappa shape index (κ1) is 10.5. The van der Waals surface area contributed by atoms with Crippen LogP contribution >= 0.6 is 22.9 Å². The first-order valence-corrected chi connectivity index (χ1v) is 5.92. The fraction of sp³-hybridized carbons (Fsp3) is 0.182. The maximum Gasteiger partial charge on any atom is 0.280 e. The molecule has 0 fully saturated rings. The minimum absolute atomic E-state index is 0.476. The van der Waals surface area contributed by atoms with E-state index in [9.17, 15) is 0 Å². The third-order valence-electron chi connectivity index (χ3n) is 2.01. The Morgan fingerprint density at radius 2 is 2.20 bits per heavy atom. The fourth-order valence-corrected chi connectivity index (χ4v) is 2.08. The normalized spacial score (nSPS) is 10.3. The highest BCUT2D eigenvalue weighted by molar-refractivity contribution is 7.11. The first-order chi connectivity index (χ1) is 7.29. The van der Waals surface area contributed by atoms with E-state index < -0.39 is 0 Å². The van der Waals surface area contributed by atoms with Crippen molar-refractivity contribution in [3.8, 4) is 10.9 Å². The molecule has 0 aliphatic carbocycles. The number of rotatable bonds is 3. The van der Waals surface area contributed by atoms with E-state index in [1.54, 1.807) is 5.38 Å². The Hall–Kier alpha value is -1.06. The summed E-state index contributed by atoms with van der Waals surface area (Å²) in [5.41, 5.74) is 1.17. The zero-order valence-corrected chi connectivity index (χ0v) is 9.81. The molecule has 15 heavy (non-hydrogen) atoms. The Balaban J connectivity index is 2.23. The molecular weight excluding hydrogens is 230 g/mol. The van der Waals surface area contributed by atoms with E-state index in [0.717, 1.165) is 12.2 Å². The third kappa shape index (κ3) is 2.49. The molecule has 0 aliphatic heterocycles. The molecule has 2 rings (SSSR count). The van der Waals surface area contributed by atoms with Gasteiger partial charge in [-0.15, -0.1) is 0 Å². The monoisotopic (exact) mass is 239 g/mol. The predicted molar refractivity (Wildman–Crippen MR) is 63.0 cm³/mol. The van der Waals surface area contributed by atoms with Crippen LogP contribution in [0, 0.1) is 0 Å². The SMILES string of the molecule is CCc1ccccc1Oc1nc(Cl)cs1. The van der Waals surface area contributed by atoms with Crippen LogP contribution in [-0.4, -0.2) is 4.98 Å². The van der Waals surface area contributed by atoms with Crippen LogP contribution in [0.2, 0.25) is 5.15 Å². The van der Waals surface area contributed by atoms with Crippen LogP contribution in [0.3, 0.4) is 0 Å². The number of halogens is 1. The Bertz CT molecular complexity index is 455. The van der Waals surface area contributed by atoms with Crippen molar-refractivity contribution in [1.29, 1.82) is 0 Å². The summed E-state index contributed by atoms with van der Waals surface area (Å²) in [5, 5.41) is 2.82. The third-order valence-corrected chi connectivity index (χ3v) is 3.05. The summed E-state index contributed by atoms with van der Waals surface area (Å²) in [6.45, 7) is 2.09. The fourth-order valence-electron chi connectivity index (χ4n) is 1.28. The number of thiazole rings is 1. The Morgan fingerprint density at radius 1 is 1.40 bits per heavy atom. The van der Waals surface area contributed by atoms with Crippen molar-refractivity contribution in [1.82, 2.24) is 4.98 Å². The van der Waals surface area contributed by atoms with Crippen molar-refractivity contribution < 1.29 is 4.74 Å². The van der Waals surface area contributed by atoms with E-state index >= 15 is 0 Å². The summed E-state index contributed by atoms with van der Waals surface area (Å²) < 4.78 is 5.64. The van der Waals surface area contributed by atoms with Gasteiger partial charge in [0.25, 0.3) is 5.19 Å². The van der Waals surface area contributed by atoms with Gasteiger partial charge < -0.3 is 4.74 Å². The standard InChI is InChI=1S/C11H10ClNOS/c1-2-8-5-3-4-6-9(8)14-11-13-10(12)7-15-11/h3-7H,2H2,1H3. The van der Waals surface area contributed by atoms with Gasteiger partial charge in [-0.3, -0.25) is 0 Å². The molecule has 0 radical (unpaired) electrons. The van der Waals surface area contributed by atoms with Crippen LogP contribution in [0.5, 0.6) is 10.9 Å². The van der Waals surface area contributed by atoms with Gasteiger partial charge in [0.05, 0.1) is 0 Å². The van der Waals surface area contributed by atoms with Gasteiger partial charge in [0, 0.05) is 5.38 Å². The van der Waals surface area contributed by atoms with Crippen molar-refractivity contribution in [2.45, 2.75) is 13.3 Å². The average Bonchev–Trinajstić information content (AvgIpc) is 2.65. The molecule has 0 spiro atoms. The minimum Gasteiger partial charge on any atom is -0.431 e. The second-order valence-electron chi connectivity index (χ2n) is 3.00. The van der Waals surface area contributed by atoms with E-state index in [0.29, 0.717) is 10.3 Å². The molecule has 4 heteroatoms. The second-order valence-corrected chi connectivity index (χ2v) is 4.21. The van der Waals surface area contributed by atoms with E-state index in [-0.39, 0.29) is 0 Å². The van der Waals surface area contributed by atoms with Crippen LogP contribution in [0.4, 0.5) is 0 Å².